The summed E-state index contributed by atoms with van der Waals surface area (Å²) in [5, 5.41) is 0. The summed E-state index contributed by atoms with van der Waals surface area (Å²) in [6.07, 6.45) is 19.4. The molecule has 2 aromatic carbocycles. The van der Waals surface area contributed by atoms with Crippen LogP contribution in [-0.4, -0.2) is 20.4 Å². The molecule has 0 aliphatic carbocycles. The molecule has 0 amide bonds. The van der Waals surface area contributed by atoms with Crippen molar-refractivity contribution in [3.8, 4) is 0 Å². The molecule has 0 saturated carbocycles. The fourth-order valence-electron chi connectivity index (χ4n) is 5.19. The first kappa shape index (κ1) is 27.4. The lowest BCUT2D eigenvalue weighted by atomic mass is 9.98. The number of benzene rings is 2. The van der Waals surface area contributed by atoms with E-state index >= 15 is 0 Å². The van der Waals surface area contributed by atoms with Crippen molar-refractivity contribution in [2.45, 2.75) is 70.9 Å². The minimum absolute atomic E-state index is 0.0149. The molecule has 0 fully saturated rings. The number of nitrogens with two attached hydrogens (primary N) is 1. The maximum Gasteiger partial charge on any atom is 0.150 e. The lowest BCUT2D eigenvalue weighted by molar-refractivity contribution is 0.194. The highest BCUT2D eigenvalue weighted by atomic mass is 16.5. The Kier molecular flexibility index (Phi) is 9.41. The van der Waals surface area contributed by atoms with Crippen LogP contribution in [0.5, 0.6) is 0 Å². The van der Waals surface area contributed by atoms with E-state index in [2.05, 4.69) is 62.9 Å². The molecule has 206 valence electrons. The Bertz CT molecular complexity index is 1410. The molecule has 6 nitrogen and oxygen atoms in total. The van der Waals surface area contributed by atoms with Crippen LogP contribution in [0.15, 0.2) is 96.6 Å². The maximum atomic E-state index is 6.37. The van der Waals surface area contributed by atoms with Crippen molar-refractivity contribution in [1.82, 2.24) is 14.5 Å². The highest BCUT2D eigenvalue weighted by Gasteiger charge is 2.21. The topological polar surface area (TPSA) is 78.3 Å². The summed E-state index contributed by atoms with van der Waals surface area (Å²) < 4.78 is 8.54. The highest BCUT2D eigenvalue weighted by molar-refractivity contribution is 5.97. The molecule has 6 heteroatoms. The van der Waals surface area contributed by atoms with Crippen molar-refractivity contribution in [1.29, 1.82) is 0 Å². The number of pyridine rings is 1. The van der Waals surface area contributed by atoms with E-state index < -0.39 is 0 Å². The second-order valence-corrected chi connectivity index (χ2v) is 10.5. The van der Waals surface area contributed by atoms with Crippen LogP contribution in [-0.2, 0) is 17.7 Å². The molecule has 1 atom stereocenters. The summed E-state index contributed by atoms with van der Waals surface area (Å²) in [5.41, 5.74) is 12.7. The van der Waals surface area contributed by atoms with Crippen molar-refractivity contribution in [3.63, 3.8) is 0 Å². The first-order valence-electron chi connectivity index (χ1n) is 14.4. The van der Waals surface area contributed by atoms with Crippen LogP contribution in [0.1, 0.15) is 79.0 Å². The third kappa shape index (κ3) is 7.47. The quantitative estimate of drug-likeness (QED) is 0.108. The molecule has 0 radical (unpaired) electrons. The Morgan fingerprint density at radius 1 is 0.975 bits per heavy atom. The average Bonchev–Trinajstić information content (AvgIpc) is 3.69. The van der Waals surface area contributed by atoms with Crippen LogP contribution in [0.3, 0.4) is 0 Å². The first-order chi connectivity index (χ1) is 19.7. The Hall–Kier alpha value is -4.19. The zero-order valence-corrected chi connectivity index (χ0v) is 23.4. The second-order valence-electron chi connectivity index (χ2n) is 10.5. The number of hydrogen-bond acceptors (Lipinski definition) is 4. The fourth-order valence-corrected chi connectivity index (χ4v) is 5.19. The number of rotatable bonds is 13. The molecule has 1 unspecified atom stereocenters. The van der Waals surface area contributed by atoms with Gasteiger partial charge in [0.1, 0.15) is 23.4 Å². The number of imidazole rings is 1. The van der Waals surface area contributed by atoms with Gasteiger partial charge in [-0.3, -0.25) is 4.98 Å². The highest BCUT2D eigenvalue weighted by Crippen LogP contribution is 2.36. The molecule has 1 aliphatic heterocycles. The lowest BCUT2D eigenvalue weighted by Crippen LogP contribution is -2.14. The van der Waals surface area contributed by atoms with Crippen molar-refractivity contribution in [2.75, 3.05) is 0 Å². The van der Waals surface area contributed by atoms with E-state index in [9.17, 15) is 0 Å². The average molecular weight is 534 g/mol. The largest absolute Gasteiger partial charge is 0.485 e. The van der Waals surface area contributed by atoms with Gasteiger partial charge in [-0.2, -0.15) is 0 Å². The Labute approximate surface area is 237 Å². The molecule has 1 aliphatic rings. The van der Waals surface area contributed by atoms with E-state index in [0.717, 1.165) is 42.0 Å². The molecular weight excluding hydrogens is 494 g/mol. The minimum Gasteiger partial charge on any atom is -0.485 e. The van der Waals surface area contributed by atoms with E-state index in [1.807, 2.05) is 49.1 Å². The van der Waals surface area contributed by atoms with Gasteiger partial charge in [0, 0.05) is 37.1 Å². The molecule has 0 spiro atoms. The third-order valence-corrected chi connectivity index (χ3v) is 7.53. The first-order valence-corrected chi connectivity index (χ1v) is 14.4. The SMILES string of the molecule is Cc1cc(C2=CCC(c3ccc(N=C(N)c4ccccn4)cc3)O2)ccc1CCCCCCCCn1ccnc1. The van der Waals surface area contributed by atoms with E-state index in [1.165, 1.54) is 49.7 Å². The zero-order chi connectivity index (χ0) is 27.6. The molecule has 4 aromatic rings. The number of nitrogens with zero attached hydrogens (tertiary/aromatic N) is 4. The maximum absolute atomic E-state index is 6.37. The van der Waals surface area contributed by atoms with Crippen LogP contribution < -0.4 is 5.73 Å². The summed E-state index contributed by atoms with van der Waals surface area (Å²) in [6.45, 7) is 3.30. The van der Waals surface area contributed by atoms with Gasteiger partial charge in [-0.15, -0.1) is 0 Å². The number of aryl methyl sites for hydroxylation is 3. The van der Waals surface area contributed by atoms with E-state index in [0.29, 0.717) is 11.5 Å². The Balaban J connectivity index is 1.05. The van der Waals surface area contributed by atoms with Crippen LogP contribution in [0, 0.1) is 6.92 Å². The summed E-state index contributed by atoms with van der Waals surface area (Å²) >= 11 is 0. The monoisotopic (exact) mass is 533 g/mol. The predicted octanol–water partition coefficient (Wildman–Crippen LogP) is 7.71. The molecular formula is C34H39N5O. The molecule has 5 rings (SSSR count). The van der Waals surface area contributed by atoms with Gasteiger partial charge < -0.3 is 15.0 Å². The van der Waals surface area contributed by atoms with Gasteiger partial charge in [0.2, 0.25) is 0 Å². The molecule has 3 heterocycles. The molecule has 0 saturated heterocycles. The van der Waals surface area contributed by atoms with Crippen molar-refractivity contribution >= 4 is 17.3 Å². The molecule has 2 aromatic heterocycles. The number of amidine groups is 1. The summed E-state index contributed by atoms with van der Waals surface area (Å²) in [7, 11) is 0. The van der Waals surface area contributed by atoms with Gasteiger partial charge >= 0.3 is 0 Å². The smallest absolute Gasteiger partial charge is 0.150 e. The van der Waals surface area contributed by atoms with Crippen molar-refractivity contribution in [2.24, 2.45) is 10.7 Å². The summed E-state index contributed by atoms with van der Waals surface area (Å²) in [4.78, 5) is 12.9. The van der Waals surface area contributed by atoms with E-state index in [4.69, 9.17) is 10.5 Å². The van der Waals surface area contributed by atoms with Gasteiger partial charge in [0.25, 0.3) is 0 Å². The van der Waals surface area contributed by atoms with Gasteiger partial charge in [-0.25, -0.2) is 9.98 Å². The molecule has 0 bridgehead atoms. The van der Waals surface area contributed by atoms with Gasteiger partial charge in [-0.1, -0.05) is 56.0 Å². The zero-order valence-electron chi connectivity index (χ0n) is 23.4. The molecule has 40 heavy (non-hydrogen) atoms. The van der Waals surface area contributed by atoms with Crippen LogP contribution >= 0.6 is 0 Å². The minimum atomic E-state index is 0.0149. The number of hydrogen-bond donors (Lipinski definition) is 1. The van der Waals surface area contributed by atoms with E-state index in [1.54, 1.807) is 6.20 Å². The lowest BCUT2D eigenvalue weighted by Gasteiger charge is -2.15. The van der Waals surface area contributed by atoms with Crippen LogP contribution in [0.2, 0.25) is 0 Å². The van der Waals surface area contributed by atoms with E-state index in [-0.39, 0.29) is 6.10 Å². The molecule has 2 N–H and O–H groups in total. The number of unbranched alkanes of at least 4 members (excludes halogenated alkanes) is 5. The third-order valence-electron chi connectivity index (χ3n) is 7.53. The van der Waals surface area contributed by atoms with Gasteiger partial charge in [0.15, 0.2) is 0 Å². The van der Waals surface area contributed by atoms with Crippen LogP contribution in [0.4, 0.5) is 5.69 Å². The Morgan fingerprint density at radius 3 is 2.55 bits per heavy atom. The van der Waals surface area contributed by atoms with Gasteiger partial charge in [-0.05, 0) is 79.3 Å². The number of aromatic nitrogens is 3. The fraction of sp³-hybridized carbons (Fsp3) is 0.324. The number of aliphatic imine (C=N–C) groups is 1. The second kappa shape index (κ2) is 13.7. The standard InChI is InChI=1S/C34H39N5O/c1-26-24-29(13-12-27(26)10-6-4-2-3-5-9-22-39-23-21-36-25-39)33-19-18-32(40-33)28-14-16-30(17-15-28)38-34(35)31-11-7-8-20-37-31/h7-8,11-17,19-21,23-25,32H,2-6,9-10,18,22H2,1H3,(H2,35,38). The Morgan fingerprint density at radius 2 is 1.80 bits per heavy atom. The van der Waals surface area contributed by atoms with Crippen molar-refractivity contribution < 1.29 is 4.74 Å². The number of ether oxygens (including phenoxy) is 1. The summed E-state index contributed by atoms with van der Waals surface area (Å²) in [6, 6.07) is 20.5. The summed E-state index contributed by atoms with van der Waals surface area (Å²) in [5.74, 6) is 1.38. The van der Waals surface area contributed by atoms with Gasteiger partial charge in [0.05, 0.1) is 12.0 Å². The predicted molar refractivity (Wildman–Crippen MR) is 162 cm³/mol. The van der Waals surface area contributed by atoms with Crippen LogP contribution in [0.25, 0.3) is 5.76 Å². The van der Waals surface area contributed by atoms with Crippen molar-refractivity contribution in [3.05, 3.63) is 120 Å². The normalized spacial score (nSPS) is 15.2.